The number of methoxy groups -OCH3 is 2. The van der Waals surface area contributed by atoms with E-state index in [-0.39, 0.29) is 31.8 Å². The van der Waals surface area contributed by atoms with Crippen molar-refractivity contribution in [2.45, 2.75) is 31.7 Å². The van der Waals surface area contributed by atoms with Gasteiger partial charge in [-0.3, -0.25) is 14.4 Å². The number of Topliss-reactive ketones (excluding diaryl/α,β-unsaturated/α-hetero) is 1. The summed E-state index contributed by atoms with van der Waals surface area (Å²) in [7, 11) is 5.06. The fourth-order valence-corrected chi connectivity index (χ4v) is 5.39. The average Bonchev–Trinajstić information content (AvgIpc) is 3.50. The molecule has 0 aliphatic rings. The van der Waals surface area contributed by atoms with E-state index in [0.717, 1.165) is 26.6 Å². The second kappa shape index (κ2) is 12.8. The summed E-state index contributed by atoms with van der Waals surface area (Å²) in [5, 5.41) is 1.93. The number of carbonyl (C=O) groups excluding carboxylic acids is 3. The maximum absolute atomic E-state index is 12.6. The van der Waals surface area contributed by atoms with E-state index < -0.39 is 18.0 Å². The Labute approximate surface area is 230 Å². The summed E-state index contributed by atoms with van der Waals surface area (Å²) < 4.78 is 24.0. The topological polar surface area (TPSA) is 119 Å². The smallest absolute Gasteiger partial charge is 0.323 e. The first-order valence-electron chi connectivity index (χ1n) is 12.6. The molecule has 1 atom stereocenters. The molecular formula is C29H32N2O7S. The molecule has 0 saturated carbocycles. The SMILES string of the molecule is COc1cc2cc(C(=O)CCC(=O)OCCCOC(=O)[C@@H](N)Cc3cn(C)c4ccccc34)sc2cc1OC. The Hall–Kier alpha value is -3.89. The number of hydrogen-bond acceptors (Lipinski definition) is 9. The van der Waals surface area contributed by atoms with Gasteiger partial charge in [-0.1, -0.05) is 18.2 Å². The molecule has 2 heterocycles. The van der Waals surface area contributed by atoms with Crippen molar-refractivity contribution in [1.82, 2.24) is 4.57 Å². The molecule has 0 bridgehead atoms. The Balaban J connectivity index is 1.15. The summed E-state index contributed by atoms with van der Waals surface area (Å²) >= 11 is 1.34. The van der Waals surface area contributed by atoms with Crippen molar-refractivity contribution in [3.63, 3.8) is 0 Å². The van der Waals surface area contributed by atoms with Crippen molar-refractivity contribution in [1.29, 1.82) is 0 Å². The van der Waals surface area contributed by atoms with Gasteiger partial charge < -0.3 is 29.2 Å². The van der Waals surface area contributed by atoms with Crippen LogP contribution in [0.25, 0.3) is 21.0 Å². The molecule has 206 valence electrons. The molecule has 0 spiro atoms. The van der Waals surface area contributed by atoms with E-state index in [2.05, 4.69) is 0 Å². The third-order valence-corrected chi connectivity index (χ3v) is 7.51. The summed E-state index contributed by atoms with van der Waals surface area (Å²) in [6.07, 6.45) is 2.68. The number of nitrogens with two attached hydrogens (primary N) is 1. The molecule has 0 unspecified atom stereocenters. The monoisotopic (exact) mass is 552 g/mol. The van der Waals surface area contributed by atoms with Crippen LogP contribution in [0, 0.1) is 0 Å². The van der Waals surface area contributed by atoms with Crippen LogP contribution in [0.4, 0.5) is 0 Å². The largest absolute Gasteiger partial charge is 0.493 e. The van der Waals surface area contributed by atoms with Gasteiger partial charge in [-0.05, 0) is 29.1 Å². The summed E-state index contributed by atoms with van der Waals surface area (Å²) in [5.74, 6) is 0.0557. The molecule has 4 rings (SSSR count). The van der Waals surface area contributed by atoms with Crippen LogP contribution in [0.2, 0.25) is 0 Å². The molecule has 0 amide bonds. The van der Waals surface area contributed by atoms with Crippen molar-refractivity contribution < 1.29 is 33.3 Å². The Kier molecular flexibility index (Phi) is 9.21. The minimum atomic E-state index is -0.791. The van der Waals surface area contributed by atoms with Crippen molar-refractivity contribution >= 4 is 50.0 Å². The van der Waals surface area contributed by atoms with Gasteiger partial charge in [0.25, 0.3) is 0 Å². The van der Waals surface area contributed by atoms with Gasteiger partial charge in [0.15, 0.2) is 17.3 Å². The summed E-state index contributed by atoms with van der Waals surface area (Å²) in [5.41, 5.74) is 8.12. The number of aromatic nitrogens is 1. The molecule has 9 nitrogen and oxygen atoms in total. The van der Waals surface area contributed by atoms with Crippen LogP contribution in [0.3, 0.4) is 0 Å². The van der Waals surface area contributed by atoms with Crippen LogP contribution in [0.5, 0.6) is 11.5 Å². The van der Waals surface area contributed by atoms with Crippen molar-refractivity contribution in [3.05, 3.63) is 59.1 Å². The Morgan fingerprint density at radius 2 is 1.69 bits per heavy atom. The number of rotatable bonds is 13. The second-order valence-corrected chi connectivity index (χ2v) is 10.2. The van der Waals surface area contributed by atoms with Gasteiger partial charge in [0.05, 0.1) is 38.7 Å². The van der Waals surface area contributed by atoms with E-state index in [1.807, 2.05) is 54.2 Å². The number of nitrogens with zero attached hydrogens (tertiary/aromatic N) is 1. The van der Waals surface area contributed by atoms with Gasteiger partial charge in [0, 0.05) is 54.2 Å². The highest BCUT2D eigenvalue weighted by Crippen LogP contribution is 2.36. The molecule has 0 saturated heterocycles. The van der Waals surface area contributed by atoms with Gasteiger partial charge in [-0.2, -0.15) is 0 Å². The third kappa shape index (κ3) is 6.76. The second-order valence-electron chi connectivity index (χ2n) is 9.11. The number of benzene rings is 2. The molecule has 2 aromatic carbocycles. The van der Waals surface area contributed by atoms with Crippen LogP contribution < -0.4 is 15.2 Å². The van der Waals surface area contributed by atoms with E-state index in [1.54, 1.807) is 20.3 Å². The lowest BCUT2D eigenvalue weighted by Gasteiger charge is -2.11. The fourth-order valence-electron chi connectivity index (χ4n) is 4.35. The van der Waals surface area contributed by atoms with E-state index >= 15 is 0 Å². The van der Waals surface area contributed by atoms with Crippen LogP contribution in [-0.2, 0) is 32.5 Å². The van der Waals surface area contributed by atoms with Crippen molar-refractivity contribution in [3.8, 4) is 11.5 Å². The van der Waals surface area contributed by atoms with Gasteiger partial charge in [0.2, 0.25) is 0 Å². The number of hydrogen-bond donors (Lipinski definition) is 1. The lowest BCUT2D eigenvalue weighted by atomic mass is 10.1. The molecule has 0 aliphatic heterocycles. The molecular weight excluding hydrogens is 520 g/mol. The molecule has 2 N–H and O–H groups in total. The quantitative estimate of drug-likeness (QED) is 0.147. The lowest BCUT2D eigenvalue weighted by molar-refractivity contribution is -0.147. The average molecular weight is 553 g/mol. The Morgan fingerprint density at radius 1 is 0.974 bits per heavy atom. The number of ether oxygens (including phenoxy) is 4. The van der Waals surface area contributed by atoms with Gasteiger partial charge in [0.1, 0.15) is 6.04 Å². The fraction of sp³-hybridized carbons (Fsp3) is 0.345. The number of carbonyl (C=O) groups is 3. The third-order valence-electron chi connectivity index (χ3n) is 6.37. The van der Waals surface area contributed by atoms with Crippen LogP contribution in [0.1, 0.15) is 34.5 Å². The van der Waals surface area contributed by atoms with Crippen molar-refractivity contribution in [2.75, 3.05) is 27.4 Å². The number of ketones is 1. The number of fused-ring (bicyclic) bond motifs is 2. The summed E-state index contributed by atoms with van der Waals surface area (Å²) in [6, 6.07) is 12.6. The molecule has 0 fully saturated rings. The number of thiophene rings is 1. The zero-order valence-corrected chi connectivity index (χ0v) is 23.0. The van der Waals surface area contributed by atoms with E-state index in [9.17, 15) is 14.4 Å². The van der Waals surface area contributed by atoms with Crippen molar-refractivity contribution in [2.24, 2.45) is 12.8 Å². The highest BCUT2D eigenvalue weighted by molar-refractivity contribution is 7.20. The summed E-state index contributed by atoms with van der Waals surface area (Å²) in [6.45, 7) is 0.171. The van der Waals surface area contributed by atoms with Gasteiger partial charge in [-0.25, -0.2) is 0 Å². The first kappa shape index (κ1) is 28.1. The predicted molar refractivity (Wildman–Crippen MR) is 150 cm³/mol. The maximum atomic E-state index is 12.6. The van der Waals surface area contributed by atoms with E-state index in [4.69, 9.17) is 24.7 Å². The zero-order valence-electron chi connectivity index (χ0n) is 22.2. The Bertz CT molecular complexity index is 1450. The Morgan fingerprint density at radius 3 is 2.46 bits per heavy atom. The first-order chi connectivity index (χ1) is 18.8. The predicted octanol–water partition coefficient (Wildman–Crippen LogP) is 4.42. The van der Waals surface area contributed by atoms with E-state index in [1.165, 1.54) is 11.3 Å². The molecule has 39 heavy (non-hydrogen) atoms. The molecule has 10 heteroatoms. The highest BCUT2D eigenvalue weighted by Gasteiger charge is 2.19. The van der Waals surface area contributed by atoms with Gasteiger partial charge in [-0.15, -0.1) is 11.3 Å². The molecule has 0 aliphatic carbocycles. The zero-order chi connectivity index (χ0) is 27.9. The molecule has 2 aromatic heterocycles. The van der Waals surface area contributed by atoms with Crippen LogP contribution >= 0.6 is 11.3 Å². The molecule has 0 radical (unpaired) electrons. The number of esters is 2. The minimum absolute atomic E-state index is 0.0323. The molecule has 4 aromatic rings. The minimum Gasteiger partial charge on any atom is -0.493 e. The lowest BCUT2D eigenvalue weighted by Crippen LogP contribution is -2.34. The number of para-hydroxylation sites is 1. The first-order valence-corrected chi connectivity index (χ1v) is 13.4. The highest BCUT2D eigenvalue weighted by atomic mass is 32.1. The van der Waals surface area contributed by atoms with Crippen LogP contribution in [0.15, 0.2) is 48.7 Å². The normalized spacial score (nSPS) is 11.9. The maximum Gasteiger partial charge on any atom is 0.323 e. The van der Waals surface area contributed by atoms with Crippen LogP contribution in [-0.4, -0.2) is 55.8 Å². The standard InChI is InChI=1S/C29H32N2O7S/c1-31-17-19(20-7-4-5-8-22(20)31)13-21(30)29(34)38-12-6-11-37-28(33)10-9-23(32)27-15-18-14-24(35-2)25(36-3)16-26(18)39-27/h4-5,7-8,14-17,21H,6,9-13,30H2,1-3H3/t21-/m0/s1. The number of aryl methyl sites for hydroxylation is 1. The van der Waals surface area contributed by atoms with Gasteiger partial charge >= 0.3 is 11.9 Å². The summed E-state index contributed by atoms with van der Waals surface area (Å²) in [4.78, 5) is 37.6. The van der Waals surface area contributed by atoms with E-state index in [0.29, 0.717) is 29.2 Å².